The Labute approximate surface area is 173 Å². The van der Waals surface area contributed by atoms with Crippen LogP contribution in [0.4, 0.5) is 14.9 Å². The minimum absolute atomic E-state index is 0.148. The van der Waals surface area contributed by atoms with E-state index >= 15 is 0 Å². The third kappa shape index (κ3) is 6.41. The van der Waals surface area contributed by atoms with E-state index in [1.54, 1.807) is 0 Å². The van der Waals surface area contributed by atoms with Crippen molar-refractivity contribution in [3.8, 4) is 0 Å². The van der Waals surface area contributed by atoms with Crippen LogP contribution in [0, 0.1) is 0 Å². The van der Waals surface area contributed by atoms with Crippen LogP contribution >= 0.6 is 11.6 Å². The standard InChI is InChI=1S/C18H26ClFN4O5/c1-17(2,27)13(20)8-23-15(25)11-7-22-14(19)4-12(11)24-10-5-18(28,6-10)9-29-16(26)21-3/h4,7,10,13,27-28H,5-6,8-9H2,1-3H3,(H,21,26)(H,22,24)(H,23,25)/t10?,13-,18?/m1/s1. The molecule has 1 aromatic heterocycles. The maximum atomic E-state index is 13.9. The lowest BCUT2D eigenvalue weighted by atomic mass is 9.76. The summed E-state index contributed by atoms with van der Waals surface area (Å²) in [7, 11) is 1.42. The molecule has 162 valence electrons. The summed E-state index contributed by atoms with van der Waals surface area (Å²) in [6, 6.07) is 1.27. The molecule has 29 heavy (non-hydrogen) atoms. The predicted molar refractivity (Wildman–Crippen MR) is 105 cm³/mol. The zero-order valence-electron chi connectivity index (χ0n) is 16.5. The van der Waals surface area contributed by atoms with Gasteiger partial charge in [-0.2, -0.15) is 0 Å². The van der Waals surface area contributed by atoms with Crippen molar-refractivity contribution >= 4 is 29.3 Å². The summed E-state index contributed by atoms with van der Waals surface area (Å²) < 4.78 is 18.8. The number of anilines is 1. The highest BCUT2D eigenvalue weighted by Gasteiger charge is 2.44. The van der Waals surface area contributed by atoms with Gasteiger partial charge in [0, 0.05) is 19.3 Å². The second-order valence-corrected chi connectivity index (χ2v) is 8.07. The van der Waals surface area contributed by atoms with Gasteiger partial charge in [-0.25, -0.2) is 14.2 Å². The molecule has 1 heterocycles. The van der Waals surface area contributed by atoms with E-state index < -0.39 is 29.4 Å². The predicted octanol–water partition coefficient (Wildman–Crippen LogP) is 1.24. The number of ether oxygens (including phenoxy) is 1. The second-order valence-electron chi connectivity index (χ2n) is 7.68. The van der Waals surface area contributed by atoms with Crippen molar-refractivity contribution in [1.29, 1.82) is 0 Å². The number of halogens is 2. The molecule has 0 radical (unpaired) electrons. The molecule has 0 saturated heterocycles. The molecule has 1 aliphatic rings. The number of nitrogens with zero attached hydrogens (tertiary/aromatic N) is 1. The lowest BCUT2D eigenvalue weighted by molar-refractivity contribution is -0.0829. The first-order valence-electron chi connectivity index (χ1n) is 9.07. The molecule has 5 N–H and O–H groups in total. The number of amides is 2. The third-order valence-corrected chi connectivity index (χ3v) is 4.82. The number of carbonyl (C=O) groups is 2. The van der Waals surface area contributed by atoms with Crippen LogP contribution in [0.1, 0.15) is 37.0 Å². The molecule has 1 fully saturated rings. The number of rotatable bonds is 8. The number of aliphatic hydroxyl groups is 2. The molecule has 0 aliphatic heterocycles. The average Bonchev–Trinajstić information content (AvgIpc) is 2.61. The molecule has 2 amide bonds. The number of alkyl carbamates (subject to hydrolysis) is 1. The van der Waals surface area contributed by atoms with Crippen LogP contribution in [0.25, 0.3) is 0 Å². The fourth-order valence-electron chi connectivity index (χ4n) is 2.83. The fourth-order valence-corrected chi connectivity index (χ4v) is 2.98. The Morgan fingerprint density at radius 3 is 2.72 bits per heavy atom. The summed E-state index contributed by atoms with van der Waals surface area (Å²) in [4.78, 5) is 27.5. The topological polar surface area (TPSA) is 133 Å². The quantitative estimate of drug-likeness (QED) is 0.390. The molecular formula is C18H26ClFN4O5. The maximum absolute atomic E-state index is 13.9. The van der Waals surface area contributed by atoms with Crippen molar-refractivity contribution in [2.75, 3.05) is 25.5 Å². The third-order valence-electron chi connectivity index (χ3n) is 4.61. The highest BCUT2D eigenvalue weighted by Crippen LogP contribution is 2.35. The summed E-state index contributed by atoms with van der Waals surface area (Å²) in [5.74, 6) is -0.582. The Hall–Kier alpha value is -2.17. The van der Waals surface area contributed by atoms with Crippen molar-refractivity contribution in [1.82, 2.24) is 15.6 Å². The first kappa shape index (κ1) is 23.1. The molecule has 1 aliphatic carbocycles. The summed E-state index contributed by atoms with van der Waals surface area (Å²) in [6.45, 7) is 2.10. The van der Waals surface area contributed by atoms with E-state index in [9.17, 15) is 24.2 Å². The molecule has 9 nitrogen and oxygen atoms in total. The summed E-state index contributed by atoms with van der Waals surface area (Å²) >= 11 is 5.92. The van der Waals surface area contributed by atoms with Crippen LogP contribution in [0.3, 0.4) is 0 Å². The SMILES string of the molecule is CNC(=O)OCC1(O)CC(Nc2cc(Cl)ncc2C(=O)NC[C@@H](F)C(C)(C)O)C1. The number of carbonyl (C=O) groups excluding carboxylic acids is 2. The van der Waals surface area contributed by atoms with Crippen molar-refractivity contribution in [2.45, 2.75) is 50.1 Å². The molecule has 1 saturated carbocycles. The van der Waals surface area contributed by atoms with E-state index in [1.807, 2.05) is 0 Å². The molecule has 1 aromatic rings. The number of alkyl halides is 1. The molecule has 1 atom stereocenters. The monoisotopic (exact) mass is 432 g/mol. The summed E-state index contributed by atoms with van der Waals surface area (Å²) in [5.41, 5.74) is -2.22. The van der Waals surface area contributed by atoms with E-state index in [0.717, 1.165) is 0 Å². The molecule has 2 rings (SSSR count). The summed E-state index contributed by atoms with van der Waals surface area (Å²) in [5, 5.41) is 27.9. The van der Waals surface area contributed by atoms with Crippen molar-refractivity contribution in [3.63, 3.8) is 0 Å². The van der Waals surface area contributed by atoms with Crippen LogP contribution in [0.5, 0.6) is 0 Å². The largest absolute Gasteiger partial charge is 0.447 e. The number of hydrogen-bond acceptors (Lipinski definition) is 7. The first-order valence-corrected chi connectivity index (χ1v) is 9.45. The molecule has 0 unspecified atom stereocenters. The number of nitrogens with one attached hydrogen (secondary N) is 3. The highest BCUT2D eigenvalue weighted by atomic mass is 35.5. The average molecular weight is 433 g/mol. The molecular weight excluding hydrogens is 407 g/mol. The van der Waals surface area contributed by atoms with E-state index in [1.165, 1.54) is 33.2 Å². The Morgan fingerprint density at radius 2 is 2.14 bits per heavy atom. The van der Waals surface area contributed by atoms with Gasteiger partial charge >= 0.3 is 6.09 Å². The van der Waals surface area contributed by atoms with Gasteiger partial charge in [0.25, 0.3) is 5.91 Å². The van der Waals surface area contributed by atoms with Gasteiger partial charge in [0.15, 0.2) is 0 Å². The van der Waals surface area contributed by atoms with E-state index in [4.69, 9.17) is 16.3 Å². The zero-order chi connectivity index (χ0) is 21.8. The van der Waals surface area contributed by atoms with Gasteiger partial charge in [-0.15, -0.1) is 0 Å². The lowest BCUT2D eigenvalue weighted by Crippen LogP contribution is -2.54. The van der Waals surface area contributed by atoms with Gasteiger partial charge in [0.2, 0.25) is 0 Å². The summed E-state index contributed by atoms with van der Waals surface area (Å²) in [6.07, 6.45) is -0.444. The van der Waals surface area contributed by atoms with Crippen LogP contribution < -0.4 is 16.0 Å². The van der Waals surface area contributed by atoms with E-state index in [0.29, 0.717) is 5.69 Å². The lowest BCUT2D eigenvalue weighted by Gasteiger charge is -2.43. The van der Waals surface area contributed by atoms with Crippen molar-refractivity contribution in [2.24, 2.45) is 0 Å². The number of aromatic nitrogens is 1. The van der Waals surface area contributed by atoms with Gasteiger partial charge in [0.05, 0.1) is 23.4 Å². The Balaban J connectivity index is 1.97. The maximum Gasteiger partial charge on any atom is 0.406 e. The fraction of sp³-hybridized carbons (Fsp3) is 0.611. The van der Waals surface area contributed by atoms with Gasteiger partial charge in [-0.1, -0.05) is 11.6 Å². The Kier molecular flexibility index (Phi) is 7.25. The van der Waals surface area contributed by atoms with Crippen molar-refractivity contribution in [3.05, 3.63) is 23.0 Å². The Bertz CT molecular complexity index is 752. The van der Waals surface area contributed by atoms with Crippen LogP contribution in [0.2, 0.25) is 5.15 Å². The second kappa shape index (κ2) is 9.10. The molecule has 0 aromatic carbocycles. The minimum atomic E-state index is -1.65. The molecule has 11 heteroatoms. The van der Waals surface area contributed by atoms with Crippen LogP contribution in [0.15, 0.2) is 12.3 Å². The van der Waals surface area contributed by atoms with E-state index in [-0.39, 0.29) is 42.8 Å². The number of pyridine rings is 1. The van der Waals surface area contributed by atoms with Crippen LogP contribution in [-0.2, 0) is 4.74 Å². The first-order chi connectivity index (χ1) is 13.4. The Morgan fingerprint density at radius 1 is 1.48 bits per heavy atom. The van der Waals surface area contributed by atoms with Gasteiger partial charge < -0.3 is 30.9 Å². The minimum Gasteiger partial charge on any atom is -0.447 e. The smallest absolute Gasteiger partial charge is 0.406 e. The van der Waals surface area contributed by atoms with Gasteiger partial charge in [-0.05, 0) is 32.8 Å². The van der Waals surface area contributed by atoms with Gasteiger partial charge in [0.1, 0.15) is 23.5 Å². The normalized spacial score (nSPS) is 22.2. The van der Waals surface area contributed by atoms with Crippen molar-refractivity contribution < 1.29 is 28.9 Å². The highest BCUT2D eigenvalue weighted by molar-refractivity contribution is 6.29. The number of hydrogen-bond donors (Lipinski definition) is 5. The molecule has 0 spiro atoms. The van der Waals surface area contributed by atoms with Gasteiger partial charge in [-0.3, -0.25) is 4.79 Å². The van der Waals surface area contributed by atoms with E-state index in [2.05, 4.69) is 20.9 Å². The molecule has 0 bridgehead atoms. The van der Waals surface area contributed by atoms with Crippen LogP contribution in [-0.4, -0.2) is 70.8 Å². The zero-order valence-corrected chi connectivity index (χ0v) is 17.2.